The fourth-order valence-electron chi connectivity index (χ4n) is 1.32. The van der Waals surface area contributed by atoms with Crippen LogP contribution in [0.25, 0.3) is 0 Å². The number of carbonyl (C=O) groups is 1. The molecule has 0 aliphatic carbocycles. The molecule has 18 heavy (non-hydrogen) atoms. The number of nitrogens with two attached hydrogens (primary N) is 1. The lowest BCUT2D eigenvalue weighted by Crippen LogP contribution is -2.13. The van der Waals surface area contributed by atoms with Gasteiger partial charge in [-0.2, -0.15) is 0 Å². The molecule has 0 aliphatic heterocycles. The fourth-order valence-corrected chi connectivity index (χ4v) is 2.58. The second-order valence-electron chi connectivity index (χ2n) is 3.61. The van der Waals surface area contributed by atoms with Gasteiger partial charge in [-0.25, -0.2) is 4.98 Å². The van der Waals surface area contributed by atoms with Crippen molar-refractivity contribution in [3.05, 3.63) is 38.3 Å². The monoisotopic (exact) mass is 345 g/mol. The Morgan fingerprint density at radius 3 is 2.89 bits per heavy atom. The molecule has 1 aromatic carbocycles. The average Bonchev–Trinajstić information content (AvgIpc) is 2.73. The minimum Gasteiger partial charge on any atom is -0.375 e. The summed E-state index contributed by atoms with van der Waals surface area (Å²) in [5.74, 6) is -0.316. The molecule has 94 valence electrons. The van der Waals surface area contributed by atoms with E-state index in [1.54, 1.807) is 11.4 Å². The van der Waals surface area contributed by atoms with Crippen LogP contribution in [0.2, 0.25) is 5.02 Å². The maximum Gasteiger partial charge on any atom is 0.275 e. The van der Waals surface area contributed by atoms with Crippen LogP contribution in [0, 0.1) is 6.92 Å². The number of anilines is 2. The van der Waals surface area contributed by atoms with Crippen LogP contribution in [0.1, 0.15) is 16.1 Å². The molecule has 0 saturated carbocycles. The van der Waals surface area contributed by atoms with Gasteiger partial charge in [0.15, 0.2) is 5.13 Å². The molecule has 1 heterocycles. The lowest BCUT2D eigenvalue weighted by atomic mass is 10.2. The van der Waals surface area contributed by atoms with Gasteiger partial charge in [0, 0.05) is 14.9 Å². The molecule has 4 nitrogen and oxygen atoms in total. The van der Waals surface area contributed by atoms with E-state index in [9.17, 15) is 4.79 Å². The molecule has 0 spiro atoms. The van der Waals surface area contributed by atoms with Crippen LogP contribution < -0.4 is 11.1 Å². The first-order valence-electron chi connectivity index (χ1n) is 4.95. The first kappa shape index (κ1) is 13.3. The summed E-state index contributed by atoms with van der Waals surface area (Å²) < 4.78 is 0.765. The number of halogens is 2. The van der Waals surface area contributed by atoms with Crippen LogP contribution in [0.3, 0.4) is 0 Å². The molecule has 0 bridgehead atoms. The summed E-state index contributed by atoms with van der Waals surface area (Å²) in [6.07, 6.45) is 0. The molecule has 0 fully saturated rings. The van der Waals surface area contributed by atoms with Gasteiger partial charge in [-0.1, -0.05) is 11.6 Å². The van der Waals surface area contributed by atoms with E-state index < -0.39 is 0 Å². The summed E-state index contributed by atoms with van der Waals surface area (Å²) in [5, 5.41) is 5.28. The van der Waals surface area contributed by atoms with E-state index in [1.165, 1.54) is 11.3 Å². The van der Waals surface area contributed by atoms with E-state index in [4.69, 9.17) is 17.3 Å². The van der Waals surface area contributed by atoms with E-state index in [0.29, 0.717) is 21.5 Å². The molecule has 1 aromatic heterocycles. The Morgan fingerprint density at radius 1 is 1.56 bits per heavy atom. The fraction of sp³-hybridized carbons (Fsp3) is 0.0909. The Balaban J connectivity index is 2.24. The smallest absolute Gasteiger partial charge is 0.275 e. The van der Waals surface area contributed by atoms with Crippen LogP contribution in [-0.2, 0) is 0 Å². The number of rotatable bonds is 2. The number of amides is 1. The predicted octanol–water partition coefficient (Wildman–Crippen LogP) is 3.70. The number of nitrogen functional groups attached to an aromatic ring is 1. The van der Waals surface area contributed by atoms with Crippen LogP contribution >= 0.6 is 38.9 Å². The predicted molar refractivity (Wildman–Crippen MR) is 78.4 cm³/mol. The largest absolute Gasteiger partial charge is 0.375 e. The van der Waals surface area contributed by atoms with Crippen LogP contribution in [0.15, 0.2) is 22.0 Å². The Labute approximate surface area is 121 Å². The van der Waals surface area contributed by atoms with Crippen molar-refractivity contribution in [1.29, 1.82) is 0 Å². The molecule has 1 amide bonds. The summed E-state index contributed by atoms with van der Waals surface area (Å²) in [7, 11) is 0. The molecule has 7 heteroatoms. The minimum absolute atomic E-state index is 0.293. The number of hydrogen-bond donors (Lipinski definition) is 2. The van der Waals surface area contributed by atoms with Crippen LogP contribution in [0.4, 0.5) is 10.8 Å². The Kier molecular flexibility index (Phi) is 3.89. The van der Waals surface area contributed by atoms with E-state index in [0.717, 1.165) is 10.0 Å². The number of nitrogens with one attached hydrogen (secondary N) is 1. The average molecular weight is 347 g/mol. The standard InChI is InChI=1S/C11H9BrClN3OS/c1-5-2-6(12)8(3-7(5)13)15-10(17)9-4-18-11(14)16-9/h2-4H,1H3,(H2,14,16)(H,15,17). The van der Waals surface area contributed by atoms with Gasteiger partial charge in [0.05, 0.1) is 5.69 Å². The van der Waals surface area contributed by atoms with Crippen molar-refractivity contribution in [2.24, 2.45) is 0 Å². The second-order valence-corrected chi connectivity index (χ2v) is 5.76. The third-order valence-corrected chi connectivity index (χ3v) is 3.99. The molecular formula is C11H9BrClN3OS. The Hall–Kier alpha value is -1.11. The van der Waals surface area contributed by atoms with Gasteiger partial charge in [-0.05, 0) is 40.5 Å². The van der Waals surface area contributed by atoms with Crippen molar-refractivity contribution in [1.82, 2.24) is 4.98 Å². The summed E-state index contributed by atoms with van der Waals surface area (Å²) in [6, 6.07) is 3.53. The highest BCUT2D eigenvalue weighted by Gasteiger charge is 2.12. The van der Waals surface area contributed by atoms with Crippen molar-refractivity contribution in [2.75, 3.05) is 11.1 Å². The molecule has 2 rings (SSSR count). The van der Waals surface area contributed by atoms with E-state index >= 15 is 0 Å². The summed E-state index contributed by atoms with van der Waals surface area (Å²) >= 11 is 10.6. The van der Waals surface area contributed by atoms with Crippen LogP contribution in [0.5, 0.6) is 0 Å². The maximum atomic E-state index is 11.9. The van der Waals surface area contributed by atoms with Crippen molar-refractivity contribution in [3.8, 4) is 0 Å². The van der Waals surface area contributed by atoms with Gasteiger partial charge in [-0.15, -0.1) is 11.3 Å². The van der Waals surface area contributed by atoms with Gasteiger partial charge in [0.25, 0.3) is 5.91 Å². The van der Waals surface area contributed by atoms with Crippen molar-refractivity contribution in [3.63, 3.8) is 0 Å². The summed E-state index contributed by atoms with van der Waals surface area (Å²) in [5.41, 5.74) is 7.30. The van der Waals surface area contributed by atoms with Crippen LogP contribution in [-0.4, -0.2) is 10.9 Å². The van der Waals surface area contributed by atoms with Gasteiger partial charge >= 0.3 is 0 Å². The molecule has 3 N–H and O–H groups in total. The summed E-state index contributed by atoms with van der Waals surface area (Å²) in [6.45, 7) is 1.89. The first-order valence-corrected chi connectivity index (χ1v) is 7.00. The number of aromatic nitrogens is 1. The van der Waals surface area contributed by atoms with Crippen molar-refractivity contribution in [2.45, 2.75) is 6.92 Å². The van der Waals surface area contributed by atoms with Gasteiger partial charge in [0.2, 0.25) is 0 Å². The zero-order valence-corrected chi connectivity index (χ0v) is 12.5. The maximum absolute atomic E-state index is 11.9. The molecule has 0 atom stereocenters. The number of benzene rings is 1. The Morgan fingerprint density at radius 2 is 2.28 bits per heavy atom. The quantitative estimate of drug-likeness (QED) is 0.871. The highest BCUT2D eigenvalue weighted by atomic mass is 79.9. The number of aryl methyl sites for hydroxylation is 1. The summed E-state index contributed by atoms with van der Waals surface area (Å²) in [4.78, 5) is 15.8. The normalized spacial score (nSPS) is 10.4. The van der Waals surface area contributed by atoms with E-state index in [1.807, 2.05) is 13.0 Å². The highest BCUT2D eigenvalue weighted by Crippen LogP contribution is 2.29. The lowest BCUT2D eigenvalue weighted by molar-refractivity contribution is 0.102. The minimum atomic E-state index is -0.316. The Bertz CT molecular complexity index is 614. The number of hydrogen-bond acceptors (Lipinski definition) is 4. The molecule has 0 aliphatic rings. The number of thiazole rings is 1. The molecule has 0 saturated heterocycles. The third kappa shape index (κ3) is 2.82. The molecule has 2 aromatic rings. The topological polar surface area (TPSA) is 68.0 Å². The number of nitrogens with zero attached hydrogens (tertiary/aromatic N) is 1. The number of carbonyl (C=O) groups excluding carboxylic acids is 1. The lowest BCUT2D eigenvalue weighted by Gasteiger charge is -2.08. The van der Waals surface area contributed by atoms with Gasteiger partial charge in [-0.3, -0.25) is 4.79 Å². The zero-order valence-electron chi connectivity index (χ0n) is 9.33. The SMILES string of the molecule is Cc1cc(Br)c(NC(=O)c2csc(N)n2)cc1Cl. The second kappa shape index (κ2) is 5.26. The first-order chi connectivity index (χ1) is 8.47. The third-order valence-electron chi connectivity index (χ3n) is 2.25. The highest BCUT2D eigenvalue weighted by molar-refractivity contribution is 9.10. The van der Waals surface area contributed by atoms with Gasteiger partial charge < -0.3 is 11.1 Å². The molecular weight excluding hydrogens is 338 g/mol. The molecule has 0 unspecified atom stereocenters. The van der Waals surface area contributed by atoms with E-state index in [-0.39, 0.29) is 5.91 Å². The van der Waals surface area contributed by atoms with Gasteiger partial charge in [0.1, 0.15) is 5.69 Å². The van der Waals surface area contributed by atoms with E-state index in [2.05, 4.69) is 26.2 Å². The van der Waals surface area contributed by atoms with Crippen molar-refractivity contribution < 1.29 is 4.79 Å². The zero-order chi connectivity index (χ0) is 13.3. The molecule has 0 radical (unpaired) electrons. The van der Waals surface area contributed by atoms with Crippen molar-refractivity contribution >= 4 is 55.6 Å².